The molecule has 1 fully saturated rings. The predicted octanol–water partition coefficient (Wildman–Crippen LogP) is 5.08. The van der Waals surface area contributed by atoms with Gasteiger partial charge >= 0.3 is 0 Å². The van der Waals surface area contributed by atoms with E-state index in [2.05, 4.69) is 20.3 Å². The molecular formula is C24H26N4O3. The van der Waals surface area contributed by atoms with Gasteiger partial charge in [0.1, 0.15) is 11.3 Å². The molecule has 1 aliphatic rings. The van der Waals surface area contributed by atoms with Crippen LogP contribution in [0.3, 0.4) is 0 Å². The highest BCUT2D eigenvalue weighted by Crippen LogP contribution is 2.33. The third kappa shape index (κ3) is 4.35. The fraction of sp³-hybridized carbons (Fsp3) is 0.333. The summed E-state index contributed by atoms with van der Waals surface area (Å²) < 4.78 is 17.9. The Balaban J connectivity index is 1.35. The fourth-order valence-electron chi connectivity index (χ4n) is 4.07. The number of H-pyrrole nitrogens is 1. The van der Waals surface area contributed by atoms with Gasteiger partial charge in [0.25, 0.3) is 0 Å². The Hall–Kier alpha value is -3.48. The first-order chi connectivity index (χ1) is 15.3. The number of fused-ring (bicyclic) bond motifs is 1. The lowest BCUT2D eigenvalue weighted by molar-refractivity contribution is 0.200. The molecule has 7 heteroatoms. The normalized spacial score (nSPS) is 14.2. The number of para-hydroxylation sites is 1. The number of aromatic amines is 1. The number of hydrogen-bond donors (Lipinski definition) is 2. The van der Waals surface area contributed by atoms with E-state index in [1.54, 1.807) is 13.3 Å². The highest BCUT2D eigenvalue weighted by Gasteiger charge is 2.19. The Morgan fingerprint density at radius 2 is 2.06 bits per heavy atom. The zero-order chi connectivity index (χ0) is 21.0. The smallest absolute Gasteiger partial charge is 0.200 e. The second-order valence-electron chi connectivity index (χ2n) is 7.84. The number of benzene rings is 2. The molecular weight excluding hydrogens is 392 g/mol. The molecule has 2 aromatic heterocycles. The average Bonchev–Trinajstić information content (AvgIpc) is 3.54. The van der Waals surface area contributed by atoms with Crippen molar-refractivity contribution in [1.29, 1.82) is 0 Å². The Kier molecular flexibility index (Phi) is 5.48. The van der Waals surface area contributed by atoms with Crippen LogP contribution in [0.1, 0.15) is 43.0 Å². The first-order valence-electron chi connectivity index (χ1n) is 10.7. The van der Waals surface area contributed by atoms with Gasteiger partial charge in [-0.05, 0) is 55.5 Å². The number of imidazole rings is 1. The van der Waals surface area contributed by atoms with E-state index < -0.39 is 0 Å². The van der Waals surface area contributed by atoms with Crippen molar-refractivity contribution in [2.24, 2.45) is 0 Å². The largest absolute Gasteiger partial charge is 0.493 e. The van der Waals surface area contributed by atoms with Crippen molar-refractivity contribution in [1.82, 2.24) is 15.0 Å². The van der Waals surface area contributed by atoms with Crippen LogP contribution in [-0.2, 0) is 13.0 Å². The van der Waals surface area contributed by atoms with Crippen LogP contribution < -0.4 is 14.8 Å². The lowest BCUT2D eigenvalue weighted by atomic mass is 10.1. The van der Waals surface area contributed by atoms with Gasteiger partial charge in [0.15, 0.2) is 23.0 Å². The molecule has 1 saturated carbocycles. The summed E-state index contributed by atoms with van der Waals surface area (Å²) in [7, 11) is 1.68. The molecule has 2 heterocycles. The molecule has 1 aliphatic carbocycles. The van der Waals surface area contributed by atoms with Crippen molar-refractivity contribution in [2.45, 2.75) is 44.8 Å². The summed E-state index contributed by atoms with van der Waals surface area (Å²) in [6.07, 6.45) is 9.07. The van der Waals surface area contributed by atoms with Crippen molar-refractivity contribution < 1.29 is 13.9 Å². The molecule has 2 aromatic carbocycles. The molecule has 0 bridgehead atoms. The third-order valence-corrected chi connectivity index (χ3v) is 5.64. The number of ether oxygens (including phenoxy) is 2. The number of rotatable bonds is 8. The van der Waals surface area contributed by atoms with E-state index >= 15 is 0 Å². The Bertz CT molecular complexity index is 1150. The first kappa shape index (κ1) is 19.5. The molecule has 4 aromatic rings. The molecule has 7 nitrogen and oxygen atoms in total. The zero-order valence-corrected chi connectivity index (χ0v) is 17.6. The maximum absolute atomic E-state index is 6.23. The molecule has 0 saturated heterocycles. The van der Waals surface area contributed by atoms with Gasteiger partial charge in [-0.15, -0.1) is 0 Å². The van der Waals surface area contributed by atoms with E-state index in [1.807, 2.05) is 42.6 Å². The number of methoxy groups -OCH3 is 1. The van der Waals surface area contributed by atoms with Crippen molar-refractivity contribution in [3.8, 4) is 11.5 Å². The van der Waals surface area contributed by atoms with Crippen molar-refractivity contribution in [3.63, 3.8) is 0 Å². The average molecular weight is 418 g/mol. The van der Waals surface area contributed by atoms with Crippen LogP contribution in [0.2, 0.25) is 0 Å². The Labute approximate surface area is 180 Å². The van der Waals surface area contributed by atoms with E-state index in [4.69, 9.17) is 13.9 Å². The van der Waals surface area contributed by atoms with Crippen molar-refractivity contribution in [2.75, 3.05) is 12.4 Å². The van der Waals surface area contributed by atoms with E-state index in [-0.39, 0.29) is 6.10 Å². The molecule has 0 unspecified atom stereocenters. The molecule has 0 amide bonds. The highest BCUT2D eigenvalue weighted by atomic mass is 16.5. The van der Waals surface area contributed by atoms with Crippen LogP contribution in [0.15, 0.2) is 53.2 Å². The molecule has 2 N–H and O–H groups in total. The summed E-state index contributed by atoms with van der Waals surface area (Å²) in [5.41, 5.74) is 3.55. The topological polar surface area (TPSA) is 85.2 Å². The minimum atomic E-state index is 0.274. The molecule has 0 aliphatic heterocycles. The summed E-state index contributed by atoms with van der Waals surface area (Å²) in [4.78, 5) is 12.0. The van der Waals surface area contributed by atoms with Gasteiger partial charge in [0, 0.05) is 18.8 Å². The Morgan fingerprint density at radius 1 is 1.16 bits per heavy atom. The minimum Gasteiger partial charge on any atom is -0.493 e. The summed E-state index contributed by atoms with van der Waals surface area (Å²) in [5.74, 6) is 3.09. The number of oxazole rings is 1. The van der Waals surface area contributed by atoms with E-state index in [0.29, 0.717) is 18.9 Å². The van der Waals surface area contributed by atoms with Crippen LogP contribution in [0.4, 0.5) is 5.69 Å². The maximum atomic E-state index is 6.23. The molecule has 5 rings (SSSR count). The monoisotopic (exact) mass is 418 g/mol. The number of nitrogens with zero attached hydrogens (tertiary/aromatic N) is 2. The van der Waals surface area contributed by atoms with Crippen molar-refractivity contribution >= 4 is 16.8 Å². The molecule has 0 spiro atoms. The summed E-state index contributed by atoms with van der Waals surface area (Å²) >= 11 is 0. The third-order valence-electron chi connectivity index (χ3n) is 5.64. The van der Waals surface area contributed by atoms with Crippen LogP contribution in [0, 0.1) is 0 Å². The zero-order valence-electron chi connectivity index (χ0n) is 17.6. The van der Waals surface area contributed by atoms with Gasteiger partial charge in [-0.2, -0.15) is 0 Å². The molecule has 160 valence electrons. The fourth-order valence-corrected chi connectivity index (χ4v) is 4.07. The second kappa shape index (κ2) is 8.71. The molecule has 0 atom stereocenters. The van der Waals surface area contributed by atoms with E-state index in [1.165, 1.54) is 12.8 Å². The predicted molar refractivity (Wildman–Crippen MR) is 119 cm³/mol. The number of nitrogens with one attached hydrogen (secondary N) is 2. The summed E-state index contributed by atoms with van der Waals surface area (Å²) in [6, 6.07) is 12.0. The van der Waals surface area contributed by atoms with Crippen molar-refractivity contribution in [3.05, 3.63) is 66.1 Å². The number of anilines is 1. The second-order valence-corrected chi connectivity index (χ2v) is 7.84. The lowest BCUT2D eigenvalue weighted by Gasteiger charge is -2.16. The number of aromatic nitrogens is 3. The van der Waals surface area contributed by atoms with E-state index in [9.17, 15) is 0 Å². The van der Waals surface area contributed by atoms with E-state index in [0.717, 1.165) is 52.5 Å². The van der Waals surface area contributed by atoms with Crippen LogP contribution in [0.5, 0.6) is 11.5 Å². The van der Waals surface area contributed by atoms with Crippen LogP contribution in [-0.4, -0.2) is 28.2 Å². The highest BCUT2D eigenvalue weighted by molar-refractivity contribution is 5.86. The van der Waals surface area contributed by atoms with Gasteiger partial charge < -0.3 is 24.2 Å². The minimum absolute atomic E-state index is 0.274. The lowest BCUT2D eigenvalue weighted by Crippen LogP contribution is -2.11. The van der Waals surface area contributed by atoms with Gasteiger partial charge in [0.05, 0.1) is 25.4 Å². The standard InChI is InChI=1S/C24H26N4O3/c1-29-20-10-9-16(13-21(20)30-17-5-2-3-6-17)14-23-28-19-8-4-7-18(24(19)31-23)27-15-22-25-11-12-26-22/h4,7-13,17,27H,2-3,5-6,14-15H2,1H3,(H,25,26). The van der Waals surface area contributed by atoms with Gasteiger partial charge in [-0.25, -0.2) is 9.97 Å². The van der Waals surface area contributed by atoms with Crippen LogP contribution in [0.25, 0.3) is 11.1 Å². The van der Waals surface area contributed by atoms with Gasteiger partial charge in [-0.1, -0.05) is 12.1 Å². The molecule has 0 radical (unpaired) electrons. The first-order valence-corrected chi connectivity index (χ1v) is 10.7. The van der Waals surface area contributed by atoms with Gasteiger partial charge in [0.2, 0.25) is 0 Å². The molecule has 31 heavy (non-hydrogen) atoms. The quantitative estimate of drug-likeness (QED) is 0.415. The summed E-state index contributed by atoms with van der Waals surface area (Å²) in [5, 5.41) is 3.37. The van der Waals surface area contributed by atoms with Crippen LogP contribution >= 0.6 is 0 Å². The Morgan fingerprint density at radius 3 is 2.87 bits per heavy atom. The number of hydrogen-bond acceptors (Lipinski definition) is 6. The summed E-state index contributed by atoms with van der Waals surface area (Å²) in [6.45, 7) is 0.586. The maximum Gasteiger partial charge on any atom is 0.200 e. The van der Waals surface area contributed by atoms with Gasteiger partial charge in [-0.3, -0.25) is 0 Å². The SMILES string of the molecule is COc1ccc(Cc2nc3cccc(NCc4ncc[nH]4)c3o2)cc1OC1CCCC1.